The van der Waals surface area contributed by atoms with E-state index in [1.807, 2.05) is 6.92 Å². The van der Waals surface area contributed by atoms with Crippen molar-refractivity contribution < 1.29 is 14.7 Å². The molecule has 1 atom stereocenters. The lowest BCUT2D eigenvalue weighted by Gasteiger charge is -2.30. The van der Waals surface area contributed by atoms with Crippen molar-refractivity contribution in [3.63, 3.8) is 0 Å². The lowest BCUT2D eigenvalue weighted by molar-refractivity contribution is -0.149. The van der Waals surface area contributed by atoms with Gasteiger partial charge in [-0.15, -0.1) is 0 Å². The van der Waals surface area contributed by atoms with Gasteiger partial charge in [0.2, 0.25) is 6.41 Å². The van der Waals surface area contributed by atoms with Crippen molar-refractivity contribution in [2.24, 2.45) is 5.92 Å². The average Bonchev–Trinajstić information content (AvgIpc) is 2.53. The Kier molecular flexibility index (Phi) is 5.29. The molecule has 0 saturated heterocycles. The summed E-state index contributed by atoms with van der Waals surface area (Å²) in [7, 11) is 0. The minimum absolute atomic E-state index is 0.130. The van der Waals surface area contributed by atoms with Gasteiger partial charge in [-0.25, -0.2) is 4.79 Å². The summed E-state index contributed by atoms with van der Waals surface area (Å²) in [5.41, 5.74) is 0. The predicted molar refractivity (Wildman–Crippen MR) is 61.1 cm³/mol. The van der Waals surface area contributed by atoms with E-state index in [9.17, 15) is 14.7 Å². The van der Waals surface area contributed by atoms with Gasteiger partial charge < -0.3 is 10.0 Å². The number of hydrogen-bond donors (Lipinski definition) is 1. The SMILES string of the molecule is CCN(C=O)C(C(=O)O)C1CCCCCC1. The molecule has 0 aromatic rings. The van der Waals surface area contributed by atoms with Gasteiger partial charge in [-0.1, -0.05) is 25.7 Å². The van der Waals surface area contributed by atoms with Gasteiger partial charge in [-0.3, -0.25) is 4.79 Å². The molecule has 1 saturated carbocycles. The van der Waals surface area contributed by atoms with Crippen LogP contribution in [0, 0.1) is 5.92 Å². The molecule has 1 rings (SSSR count). The molecule has 0 aliphatic heterocycles. The van der Waals surface area contributed by atoms with Crippen LogP contribution < -0.4 is 0 Å². The normalized spacial score (nSPS) is 19.8. The van der Waals surface area contributed by atoms with Crippen molar-refractivity contribution >= 4 is 12.4 Å². The third kappa shape index (κ3) is 3.22. The topological polar surface area (TPSA) is 57.6 Å². The molecular weight excluding hydrogens is 206 g/mol. The summed E-state index contributed by atoms with van der Waals surface area (Å²) < 4.78 is 0. The standard InChI is InChI=1S/C12H21NO3/c1-2-13(9-14)11(12(15)16)10-7-5-3-4-6-8-10/h9-11H,2-8H2,1H3,(H,15,16). The number of rotatable bonds is 5. The monoisotopic (exact) mass is 227 g/mol. The Bertz CT molecular complexity index is 234. The maximum Gasteiger partial charge on any atom is 0.326 e. The van der Waals surface area contributed by atoms with Gasteiger partial charge in [-0.2, -0.15) is 0 Å². The summed E-state index contributed by atoms with van der Waals surface area (Å²) in [4.78, 5) is 23.6. The zero-order valence-electron chi connectivity index (χ0n) is 9.89. The van der Waals surface area contributed by atoms with Crippen LogP contribution in [0.2, 0.25) is 0 Å². The molecule has 1 N–H and O–H groups in total. The van der Waals surface area contributed by atoms with Crippen LogP contribution in [0.3, 0.4) is 0 Å². The largest absolute Gasteiger partial charge is 0.480 e. The van der Waals surface area contributed by atoms with E-state index in [0.717, 1.165) is 25.7 Å². The zero-order chi connectivity index (χ0) is 12.0. The van der Waals surface area contributed by atoms with E-state index in [4.69, 9.17) is 0 Å². The molecule has 92 valence electrons. The van der Waals surface area contributed by atoms with Gasteiger partial charge in [0.25, 0.3) is 0 Å². The fraction of sp³-hybridized carbons (Fsp3) is 0.833. The second kappa shape index (κ2) is 6.51. The highest BCUT2D eigenvalue weighted by molar-refractivity contribution is 5.76. The van der Waals surface area contributed by atoms with Gasteiger partial charge in [-0.05, 0) is 25.7 Å². The predicted octanol–water partition coefficient (Wildman–Crippen LogP) is 1.89. The maximum atomic E-state index is 11.3. The van der Waals surface area contributed by atoms with E-state index in [1.165, 1.54) is 17.7 Å². The molecule has 1 unspecified atom stereocenters. The molecular formula is C12H21NO3. The summed E-state index contributed by atoms with van der Waals surface area (Å²) in [6, 6.07) is -0.624. The van der Waals surface area contributed by atoms with Gasteiger partial charge in [0, 0.05) is 6.54 Å². The first-order valence-corrected chi connectivity index (χ1v) is 6.14. The summed E-state index contributed by atoms with van der Waals surface area (Å²) in [5, 5.41) is 9.25. The van der Waals surface area contributed by atoms with E-state index < -0.39 is 12.0 Å². The maximum absolute atomic E-state index is 11.3. The first kappa shape index (κ1) is 13.0. The first-order chi connectivity index (χ1) is 7.70. The Morgan fingerprint density at radius 3 is 2.31 bits per heavy atom. The van der Waals surface area contributed by atoms with Crippen molar-refractivity contribution in [1.82, 2.24) is 4.90 Å². The van der Waals surface area contributed by atoms with Crippen LogP contribution in [0.15, 0.2) is 0 Å². The molecule has 0 aromatic carbocycles. The van der Waals surface area contributed by atoms with E-state index in [0.29, 0.717) is 13.0 Å². The van der Waals surface area contributed by atoms with E-state index in [2.05, 4.69) is 0 Å². The highest BCUT2D eigenvalue weighted by atomic mass is 16.4. The molecule has 4 nitrogen and oxygen atoms in total. The first-order valence-electron chi connectivity index (χ1n) is 6.14. The molecule has 0 spiro atoms. The van der Waals surface area contributed by atoms with Gasteiger partial charge in [0.05, 0.1) is 0 Å². The van der Waals surface area contributed by atoms with Crippen LogP contribution in [-0.4, -0.2) is 35.0 Å². The minimum Gasteiger partial charge on any atom is -0.480 e. The number of hydrogen-bond acceptors (Lipinski definition) is 2. The van der Waals surface area contributed by atoms with Crippen LogP contribution in [0.4, 0.5) is 0 Å². The second-order valence-electron chi connectivity index (χ2n) is 4.47. The van der Waals surface area contributed by atoms with E-state index >= 15 is 0 Å². The number of nitrogens with zero attached hydrogens (tertiary/aromatic N) is 1. The van der Waals surface area contributed by atoms with Crippen molar-refractivity contribution in [3.8, 4) is 0 Å². The number of carbonyl (C=O) groups excluding carboxylic acids is 1. The number of carbonyl (C=O) groups is 2. The number of carboxylic acids is 1. The van der Waals surface area contributed by atoms with Gasteiger partial charge in [0.1, 0.15) is 6.04 Å². The quantitative estimate of drug-likeness (QED) is 0.576. The highest BCUT2D eigenvalue weighted by Crippen LogP contribution is 2.27. The molecule has 1 aliphatic rings. The smallest absolute Gasteiger partial charge is 0.326 e. The van der Waals surface area contributed by atoms with Crippen LogP contribution in [0.25, 0.3) is 0 Å². The fourth-order valence-corrected chi connectivity index (χ4v) is 2.58. The Labute approximate surface area is 96.6 Å². The summed E-state index contributed by atoms with van der Waals surface area (Å²) >= 11 is 0. The minimum atomic E-state index is -0.860. The van der Waals surface area contributed by atoms with Crippen molar-refractivity contribution in [2.45, 2.75) is 51.5 Å². The lowest BCUT2D eigenvalue weighted by atomic mass is 9.91. The Morgan fingerprint density at radius 2 is 1.94 bits per heavy atom. The number of aliphatic carboxylic acids is 1. The van der Waals surface area contributed by atoms with Crippen molar-refractivity contribution in [2.75, 3.05) is 6.54 Å². The summed E-state index contributed by atoms with van der Waals surface area (Å²) in [5.74, 6) is -0.731. The Balaban J connectivity index is 2.73. The molecule has 1 fully saturated rings. The molecule has 0 heterocycles. The summed E-state index contributed by atoms with van der Waals surface area (Å²) in [6.07, 6.45) is 7.09. The van der Waals surface area contributed by atoms with Crippen LogP contribution >= 0.6 is 0 Å². The van der Waals surface area contributed by atoms with Gasteiger partial charge >= 0.3 is 5.97 Å². The molecule has 1 aliphatic carbocycles. The van der Waals surface area contributed by atoms with E-state index in [1.54, 1.807) is 0 Å². The molecule has 16 heavy (non-hydrogen) atoms. The molecule has 0 bridgehead atoms. The molecule has 0 aromatic heterocycles. The number of likely N-dealkylation sites (N-methyl/N-ethyl adjacent to an activating group) is 1. The van der Waals surface area contributed by atoms with Crippen LogP contribution in [0.5, 0.6) is 0 Å². The Hall–Kier alpha value is -1.06. The third-order valence-corrected chi connectivity index (χ3v) is 3.46. The van der Waals surface area contributed by atoms with Crippen LogP contribution in [-0.2, 0) is 9.59 Å². The third-order valence-electron chi connectivity index (χ3n) is 3.46. The Morgan fingerprint density at radius 1 is 1.38 bits per heavy atom. The highest BCUT2D eigenvalue weighted by Gasteiger charge is 2.32. The average molecular weight is 227 g/mol. The fourth-order valence-electron chi connectivity index (χ4n) is 2.58. The summed E-state index contributed by atoms with van der Waals surface area (Å²) in [6.45, 7) is 2.29. The second-order valence-corrected chi connectivity index (χ2v) is 4.47. The van der Waals surface area contributed by atoms with Gasteiger partial charge in [0.15, 0.2) is 0 Å². The van der Waals surface area contributed by atoms with Crippen LogP contribution in [0.1, 0.15) is 45.4 Å². The van der Waals surface area contributed by atoms with E-state index in [-0.39, 0.29) is 5.92 Å². The molecule has 1 amide bonds. The van der Waals surface area contributed by atoms with Crippen molar-refractivity contribution in [3.05, 3.63) is 0 Å². The number of carboxylic acid groups (broad SMARTS) is 1. The zero-order valence-corrected chi connectivity index (χ0v) is 9.89. The molecule has 0 radical (unpaired) electrons. The van der Waals surface area contributed by atoms with Crippen molar-refractivity contribution in [1.29, 1.82) is 0 Å². The molecule has 4 heteroatoms. The number of amides is 1. The lowest BCUT2D eigenvalue weighted by Crippen LogP contribution is -2.45.